The number of amides is 1. The molecule has 6 nitrogen and oxygen atoms in total. The van der Waals surface area contributed by atoms with Crippen molar-refractivity contribution in [3.8, 4) is 5.75 Å². The topological polar surface area (TPSA) is 58.8 Å². The molecular weight excluding hydrogens is 462 g/mol. The highest BCUT2D eigenvalue weighted by molar-refractivity contribution is 5.78. The molecule has 2 aromatic carbocycles. The lowest BCUT2D eigenvalue weighted by Gasteiger charge is -2.23. The zero-order chi connectivity index (χ0) is 25.5. The van der Waals surface area contributed by atoms with Gasteiger partial charge in [0.25, 0.3) is 0 Å². The second kappa shape index (κ2) is 11.9. The average Bonchev–Trinajstić information content (AvgIpc) is 3.38. The number of hydrogen-bond donors (Lipinski definition) is 0. The number of aromatic nitrogens is 1. The van der Waals surface area contributed by atoms with Crippen LogP contribution in [-0.4, -0.2) is 47.4 Å². The van der Waals surface area contributed by atoms with E-state index in [0.717, 1.165) is 47.8 Å². The van der Waals surface area contributed by atoms with Gasteiger partial charge < -0.3 is 19.0 Å². The van der Waals surface area contributed by atoms with Crippen LogP contribution in [0.3, 0.4) is 0 Å². The molecule has 37 heavy (non-hydrogen) atoms. The highest BCUT2D eigenvalue weighted by Gasteiger charge is 2.26. The first-order chi connectivity index (χ1) is 18.2. The molecule has 5 rings (SSSR count). The van der Waals surface area contributed by atoms with Gasteiger partial charge in [0, 0.05) is 49.9 Å². The molecule has 6 heteroatoms. The molecule has 0 fully saturated rings. The van der Waals surface area contributed by atoms with E-state index in [1.54, 1.807) is 6.26 Å². The van der Waals surface area contributed by atoms with E-state index in [1.807, 2.05) is 59.6 Å². The number of nitrogens with zero attached hydrogens (tertiary/aromatic N) is 3. The molecule has 0 saturated carbocycles. The molecule has 1 atom stereocenters. The molecule has 0 aliphatic carbocycles. The third-order valence-electron chi connectivity index (χ3n) is 6.85. The summed E-state index contributed by atoms with van der Waals surface area (Å²) >= 11 is 0. The van der Waals surface area contributed by atoms with Crippen LogP contribution in [-0.2, 0) is 24.3 Å². The van der Waals surface area contributed by atoms with Gasteiger partial charge in [-0.05, 0) is 54.6 Å². The lowest BCUT2D eigenvalue weighted by Crippen LogP contribution is -2.33. The Kier molecular flexibility index (Phi) is 7.96. The molecule has 0 unspecified atom stereocenters. The van der Waals surface area contributed by atoms with Crippen LogP contribution >= 0.6 is 0 Å². The van der Waals surface area contributed by atoms with Crippen molar-refractivity contribution in [1.29, 1.82) is 0 Å². The van der Waals surface area contributed by atoms with Crippen LogP contribution < -0.4 is 4.74 Å². The van der Waals surface area contributed by atoms with Crippen LogP contribution in [0.1, 0.15) is 40.5 Å². The molecule has 0 saturated heterocycles. The maximum Gasteiger partial charge on any atom is 0.224 e. The van der Waals surface area contributed by atoms with Gasteiger partial charge in [-0.3, -0.25) is 9.78 Å². The van der Waals surface area contributed by atoms with Crippen LogP contribution in [0.2, 0.25) is 0 Å². The Bertz CT molecular complexity index is 1280. The molecule has 0 N–H and O–H groups in total. The number of furan rings is 1. The molecule has 1 aliphatic rings. The molecule has 190 valence electrons. The second-order valence-electron chi connectivity index (χ2n) is 9.60. The van der Waals surface area contributed by atoms with E-state index < -0.39 is 0 Å². The van der Waals surface area contributed by atoms with E-state index in [1.165, 1.54) is 5.56 Å². The summed E-state index contributed by atoms with van der Waals surface area (Å²) in [6.45, 7) is 3.33. The van der Waals surface area contributed by atoms with Crippen molar-refractivity contribution >= 4 is 5.91 Å². The minimum absolute atomic E-state index is 0.0968. The van der Waals surface area contributed by atoms with Crippen molar-refractivity contribution in [1.82, 2.24) is 14.8 Å². The summed E-state index contributed by atoms with van der Waals surface area (Å²) in [5.41, 5.74) is 4.43. The van der Waals surface area contributed by atoms with E-state index in [-0.39, 0.29) is 11.8 Å². The Morgan fingerprint density at radius 1 is 1.05 bits per heavy atom. The number of hydrogen-bond acceptors (Lipinski definition) is 5. The minimum Gasteiger partial charge on any atom is -0.491 e. The van der Waals surface area contributed by atoms with Gasteiger partial charge in [0.1, 0.15) is 18.1 Å². The van der Waals surface area contributed by atoms with E-state index in [9.17, 15) is 4.79 Å². The van der Waals surface area contributed by atoms with Gasteiger partial charge in [-0.1, -0.05) is 42.5 Å². The summed E-state index contributed by atoms with van der Waals surface area (Å²) in [6.07, 6.45) is 4.76. The van der Waals surface area contributed by atoms with Gasteiger partial charge in [-0.2, -0.15) is 0 Å². The van der Waals surface area contributed by atoms with Crippen molar-refractivity contribution in [2.45, 2.75) is 31.8 Å². The van der Waals surface area contributed by atoms with Crippen LogP contribution in [0, 0.1) is 0 Å². The molecule has 1 aliphatic heterocycles. The molecular formula is C31H33N3O3. The van der Waals surface area contributed by atoms with Crippen molar-refractivity contribution in [3.05, 3.63) is 119 Å². The zero-order valence-electron chi connectivity index (χ0n) is 21.3. The quantitative estimate of drug-likeness (QED) is 0.316. The van der Waals surface area contributed by atoms with E-state index >= 15 is 0 Å². The third kappa shape index (κ3) is 6.46. The van der Waals surface area contributed by atoms with Gasteiger partial charge >= 0.3 is 0 Å². The number of carbonyl (C=O) groups is 1. The fourth-order valence-corrected chi connectivity index (χ4v) is 4.86. The first-order valence-electron chi connectivity index (χ1n) is 12.8. The average molecular weight is 496 g/mol. The number of pyridine rings is 1. The number of fused-ring (bicyclic) bond motifs is 1. The first-order valence-corrected chi connectivity index (χ1v) is 12.8. The fourth-order valence-electron chi connectivity index (χ4n) is 4.86. The Labute approximate surface area is 218 Å². The number of rotatable bonds is 9. The molecule has 3 heterocycles. The predicted molar refractivity (Wildman–Crippen MR) is 143 cm³/mol. The Morgan fingerprint density at radius 3 is 2.70 bits per heavy atom. The maximum absolute atomic E-state index is 13.5. The monoisotopic (exact) mass is 495 g/mol. The summed E-state index contributed by atoms with van der Waals surface area (Å²) in [5.74, 6) is 1.65. The fraction of sp³-hybridized carbons (Fsp3) is 0.290. The highest BCUT2D eigenvalue weighted by atomic mass is 16.5. The summed E-state index contributed by atoms with van der Waals surface area (Å²) in [5, 5.41) is 0. The molecule has 4 aromatic rings. The molecule has 0 bridgehead atoms. The summed E-state index contributed by atoms with van der Waals surface area (Å²) in [7, 11) is 2.12. The van der Waals surface area contributed by atoms with Gasteiger partial charge in [0.05, 0.1) is 18.7 Å². The third-order valence-corrected chi connectivity index (χ3v) is 6.85. The SMILES string of the molecule is CN(CCc1ccccn1)Cc1ccc2c(c1)CN(C(=O)C[C@@H](c1ccccc1)c1ccco1)CCO2. The van der Waals surface area contributed by atoms with Gasteiger partial charge in [0.15, 0.2) is 0 Å². The first kappa shape index (κ1) is 24.8. The minimum atomic E-state index is -0.119. The van der Waals surface area contributed by atoms with Crippen LogP contribution in [0.25, 0.3) is 0 Å². The van der Waals surface area contributed by atoms with Crippen molar-refractivity contribution in [2.75, 3.05) is 26.7 Å². The van der Waals surface area contributed by atoms with Crippen LogP contribution in [0.4, 0.5) is 0 Å². The summed E-state index contributed by atoms with van der Waals surface area (Å²) in [6, 6.07) is 26.3. The van der Waals surface area contributed by atoms with Crippen LogP contribution in [0.5, 0.6) is 5.75 Å². The van der Waals surface area contributed by atoms with E-state index in [4.69, 9.17) is 9.15 Å². The highest BCUT2D eigenvalue weighted by Crippen LogP contribution is 2.31. The van der Waals surface area contributed by atoms with Crippen molar-refractivity contribution < 1.29 is 13.9 Å². The Hall–Kier alpha value is -3.90. The van der Waals surface area contributed by atoms with Gasteiger partial charge in [-0.15, -0.1) is 0 Å². The molecule has 0 radical (unpaired) electrons. The van der Waals surface area contributed by atoms with E-state index in [2.05, 4.69) is 47.3 Å². The Morgan fingerprint density at radius 2 is 1.92 bits per heavy atom. The van der Waals surface area contributed by atoms with Gasteiger partial charge in [-0.25, -0.2) is 0 Å². The number of likely N-dealkylation sites (N-methyl/N-ethyl adjacent to an activating group) is 1. The van der Waals surface area contributed by atoms with Crippen molar-refractivity contribution in [2.24, 2.45) is 0 Å². The lowest BCUT2D eigenvalue weighted by atomic mass is 9.92. The largest absolute Gasteiger partial charge is 0.491 e. The van der Waals surface area contributed by atoms with Crippen LogP contribution in [0.15, 0.2) is 95.7 Å². The molecule has 0 spiro atoms. The Balaban J connectivity index is 1.25. The maximum atomic E-state index is 13.5. The van der Waals surface area contributed by atoms with Gasteiger partial charge in [0.2, 0.25) is 5.91 Å². The van der Waals surface area contributed by atoms with Crippen molar-refractivity contribution in [3.63, 3.8) is 0 Å². The lowest BCUT2D eigenvalue weighted by molar-refractivity contribution is -0.132. The smallest absolute Gasteiger partial charge is 0.224 e. The standard InChI is InChI=1S/C31H33N3O3/c1-33(16-14-27-10-5-6-15-32-27)22-24-12-13-29-26(20-24)23-34(17-19-37-29)31(35)21-28(30-11-7-18-36-30)25-8-3-2-4-9-25/h2-13,15,18,20,28H,14,16-17,19,21-23H2,1H3/t28-/m0/s1. The predicted octanol–water partition coefficient (Wildman–Crippen LogP) is 5.29. The zero-order valence-corrected chi connectivity index (χ0v) is 21.3. The summed E-state index contributed by atoms with van der Waals surface area (Å²) < 4.78 is 11.7. The normalized spacial score (nSPS) is 14.1. The summed E-state index contributed by atoms with van der Waals surface area (Å²) in [4.78, 5) is 22.2. The van der Waals surface area contributed by atoms with E-state index in [0.29, 0.717) is 26.1 Å². The number of ether oxygens (including phenoxy) is 1. The molecule has 1 amide bonds. The number of carbonyl (C=O) groups excluding carboxylic acids is 1. The number of benzene rings is 2. The second-order valence-corrected chi connectivity index (χ2v) is 9.60. The molecule has 2 aromatic heterocycles.